The lowest BCUT2D eigenvalue weighted by Crippen LogP contribution is -2.01. The Balaban J connectivity index is 3.18. The van der Waals surface area contributed by atoms with Crippen molar-refractivity contribution in [2.24, 2.45) is 0 Å². The van der Waals surface area contributed by atoms with Gasteiger partial charge in [-0.2, -0.15) is 0 Å². The Kier molecular flexibility index (Phi) is 2.40. The van der Waals surface area contributed by atoms with Crippen LogP contribution in [0.4, 0.5) is 0 Å². The number of pyridine rings is 1. The highest BCUT2D eigenvalue weighted by molar-refractivity contribution is 6.31. The second-order valence-electron chi connectivity index (χ2n) is 2.00. The number of carbonyl (C=O) groups excluding carboxylic acids is 1. The topological polar surface area (TPSA) is 67.3 Å². The maximum absolute atomic E-state index is 10.3. The molecule has 0 radical (unpaired) electrons. The smallest absolute Gasteiger partial charge is 0.354 e. The Morgan fingerprint density at radius 2 is 2.25 bits per heavy atom. The van der Waals surface area contributed by atoms with Crippen molar-refractivity contribution in [1.29, 1.82) is 0 Å². The number of carboxylic acids is 1. The van der Waals surface area contributed by atoms with E-state index in [1.165, 1.54) is 12.1 Å². The number of hydrogen-bond donors (Lipinski definition) is 1. The highest BCUT2D eigenvalue weighted by Gasteiger charge is 2.07. The van der Waals surface area contributed by atoms with Gasteiger partial charge in [0.1, 0.15) is 10.8 Å². The first-order valence-corrected chi connectivity index (χ1v) is 3.38. The molecule has 0 amide bonds. The molecule has 12 heavy (non-hydrogen) atoms. The number of aromatic nitrogens is 1. The van der Waals surface area contributed by atoms with Gasteiger partial charge in [-0.3, -0.25) is 4.79 Å². The molecular weight excluding hydrogens is 182 g/mol. The van der Waals surface area contributed by atoms with E-state index in [1.807, 2.05) is 0 Å². The number of carboxylic acid groups (broad SMARTS) is 1. The van der Waals surface area contributed by atoms with E-state index in [4.69, 9.17) is 16.7 Å². The van der Waals surface area contributed by atoms with E-state index >= 15 is 0 Å². The van der Waals surface area contributed by atoms with Gasteiger partial charge in [0.15, 0.2) is 6.29 Å². The summed E-state index contributed by atoms with van der Waals surface area (Å²) in [5, 5.41) is 8.37. The van der Waals surface area contributed by atoms with Gasteiger partial charge < -0.3 is 5.11 Å². The zero-order chi connectivity index (χ0) is 9.14. The Bertz CT molecular complexity index is 337. The molecule has 1 N–H and O–H groups in total. The lowest BCUT2D eigenvalue weighted by Gasteiger charge is -1.96. The largest absolute Gasteiger partial charge is 0.477 e. The second kappa shape index (κ2) is 3.32. The van der Waals surface area contributed by atoms with Crippen LogP contribution >= 0.6 is 11.6 Å². The van der Waals surface area contributed by atoms with E-state index in [9.17, 15) is 9.59 Å². The van der Waals surface area contributed by atoms with E-state index in [2.05, 4.69) is 4.98 Å². The van der Waals surface area contributed by atoms with Gasteiger partial charge in [-0.25, -0.2) is 9.78 Å². The monoisotopic (exact) mass is 185 g/mol. The zero-order valence-electron chi connectivity index (χ0n) is 5.82. The van der Waals surface area contributed by atoms with Gasteiger partial charge in [-0.05, 0) is 12.1 Å². The first kappa shape index (κ1) is 8.67. The minimum absolute atomic E-state index is 0.0927. The summed E-state index contributed by atoms with van der Waals surface area (Å²) in [5.41, 5.74) is 0.00673. The van der Waals surface area contributed by atoms with Crippen molar-refractivity contribution < 1.29 is 14.7 Å². The van der Waals surface area contributed by atoms with Gasteiger partial charge in [-0.1, -0.05) is 11.6 Å². The van der Waals surface area contributed by atoms with Crippen molar-refractivity contribution in [2.75, 3.05) is 0 Å². The van der Waals surface area contributed by atoms with Gasteiger partial charge in [-0.15, -0.1) is 0 Å². The number of nitrogens with zero attached hydrogens (tertiary/aromatic N) is 1. The van der Waals surface area contributed by atoms with Crippen molar-refractivity contribution >= 4 is 23.9 Å². The lowest BCUT2D eigenvalue weighted by molar-refractivity contribution is 0.0690. The second-order valence-corrected chi connectivity index (χ2v) is 2.36. The molecule has 5 heteroatoms. The fraction of sp³-hybridized carbons (Fsp3) is 0. The summed E-state index contributed by atoms with van der Waals surface area (Å²) in [6.07, 6.45) is 0.515. The van der Waals surface area contributed by atoms with Gasteiger partial charge in [0.05, 0.1) is 5.56 Å². The SMILES string of the molecule is O=Cc1ccc(C(=O)O)nc1Cl. The van der Waals surface area contributed by atoms with Gasteiger partial charge in [0, 0.05) is 0 Å². The summed E-state index contributed by atoms with van der Waals surface area (Å²) in [4.78, 5) is 24.1. The van der Waals surface area contributed by atoms with Crippen molar-refractivity contribution in [3.8, 4) is 0 Å². The fourth-order valence-electron chi connectivity index (χ4n) is 0.652. The molecule has 4 nitrogen and oxygen atoms in total. The maximum atomic E-state index is 10.3. The Hall–Kier alpha value is -1.42. The first-order valence-electron chi connectivity index (χ1n) is 3.00. The third-order valence-electron chi connectivity index (χ3n) is 1.22. The molecule has 0 aliphatic rings. The molecule has 1 heterocycles. The van der Waals surface area contributed by atoms with Crippen LogP contribution in [0, 0.1) is 0 Å². The third kappa shape index (κ3) is 1.60. The Labute approximate surface area is 72.8 Å². The molecule has 62 valence electrons. The molecule has 0 aromatic carbocycles. The van der Waals surface area contributed by atoms with E-state index < -0.39 is 5.97 Å². The van der Waals surface area contributed by atoms with Crippen molar-refractivity contribution in [3.63, 3.8) is 0 Å². The zero-order valence-corrected chi connectivity index (χ0v) is 6.58. The molecule has 0 unspecified atom stereocenters. The number of aldehydes is 1. The van der Waals surface area contributed by atoms with Crippen LogP contribution in [0.15, 0.2) is 12.1 Å². The van der Waals surface area contributed by atoms with E-state index in [-0.39, 0.29) is 16.4 Å². The number of rotatable bonds is 2. The predicted octanol–water partition coefficient (Wildman–Crippen LogP) is 1.25. The van der Waals surface area contributed by atoms with Crippen LogP contribution in [0.25, 0.3) is 0 Å². The average Bonchev–Trinajstić information content (AvgIpc) is 2.04. The number of aromatic carboxylic acids is 1. The quantitative estimate of drug-likeness (QED) is 0.556. The van der Waals surface area contributed by atoms with Crippen LogP contribution in [-0.4, -0.2) is 22.3 Å². The number of hydrogen-bond acceptors (Lipinski definition) is 3. The van der Waals surface area contributed by atoms with Crippen LogP contribution in [0.5, 0.6) is 0 Å². The average molecular weight is 186 g/mol. The van der Waals surface area contributed by atoms with Crippen LogP contribution in [0.1, 0.15) is 20.8 Å². The molecule has 0 aliphatic heterocycles. The molecular formula is C7H4ClNO3. The number of halogens is 1. The fourth-order valence-corrected chi connectivity index (χ4v) is 0.851. The molecule has 1 rings (SSSR count). The first-order chi connectivity index (χ1) is 5.65. The minimum Gasteiger partial charge on any atom is -0.477 e. The minimum atomic E-state index is -1.17. The van der Waals surface area contributed by atoms with Crippen molar-refractivity contribution in [2.45, 2.75) is 0 Å². The molecule has 1 aromatic heterocycles. The standard InChI is InChI=1S/C7H4ClNO3/c8-6-4(3-10)1-2-5(9-6)7(11)12/h1-3H,(H,11,12). The molecule has 0 aliphatic carbocycles. The molecule has 0 bridgehead atoms. The number of carbonyl (C=O) groups is 2. The summed E-state index contributed by atoms with van der Waals surface area (Å²) >= 11 is 5.47. The third-order valence-corrected chi connectivity index (χ3v) is 1.53. The molecule has 0 fully saturated rings. The summed E-state index contributed by atoms with van der Waals surface area (Å²) in [6.45, 7) is 0. The molecule has 0 saturated carbocycles. The summed E-state index contributed by atoms with van der Waals surface area (Å²) < 4.78 is 0. The van der Waals surface area contributed by atoms with Crippen molar-refractivity contribution in [1.82, 2.24) is 4.98 Å². The van der Waals surface area contributed by atoms with E-state index in [1.54, 1.807) is 0 Å². The lowest BCUT2D eigenvalue weighted by atomic mass is 10.3. The predicted molar refractivity (Wildman–Crippen MR) is 41.6 cm³/mol. The highest BCUT2D eigenvalue weighted by atomic mass is 35.5. The highest BCUT2D eigenvalue weighted by Crippen LogP contribution is 2.11. The molecule has 1 aromatic rings. The van der Waals surface area contributed by atoms with Gasteiger partial charge in [0.2, 0.25) is 0 Å². The van der Waals surface area contributed by atoms with Crippen LogP contribution in [0.2, 0.25) is 5.15 Å². The maximum Gasteiger partial charge on any atom is 0.354 e. The Morgan fingerprint density at radius 1 is 1.58 bits per heavy atom. The van der Waals surface area contributed by atoms with Crippen LogP contribution in [0.3, 0.4) is 0 Å². The summed E-state index contributed by atoms with van der Waals surface area (Å²) in [5.74, 6) is -1.17. The summed E-state index contributed by atoms with van der Waals surface area (Å²) in [6, 6.07) is 2.53. The van der Waals surface area contributed by atoms with Gasteiger partial charge >= 0.3 is 5.97 Å². The Morgan fingerprint density at radius 3 is 2.67 bits per heavy atom. The summed E-state index contributed by atoms with van der Waals surface area (Å²) in [7, 11) is 0. The molecule has 0 atom stereocenters. The van der Waals surface area contributed by atoms with Crippen molar-refractivity contribution in [3.05, 3.63) is 28.5 Å². The van der Waals surface area contributed by atoms with E-state index in [0.717, 1.165) is 0 Å². The van der Waals surface area contributed by atoms with Gasteiger partial charge in [0.25, 0.3) is 0 Å². The normalized spacial score (nSPS) is 9.42. The molecule has 0 spiro atoms. The van der Waals surface area contributed by atoms with Crippen LogP contribution < -0.4 is 0 Å². The van der Waals surface area contributed by atoms with E-state index in [0.29, 0.717) is 6.29 Å². The van der Waals surface area contributed by atoms with Crippen LogP contribution in [-0.2, 0) is 0 Å². The molecule has 0 saturated heterocycles.